The Balaban J connectivity index is 0.000001000. The summed E-state index contributed by atoms with van der Waals surface area (Å²) in [6.07, 6.45) is 3.65. The predicted molar refractivity (Wildman–Crippen MR) is 63.8 cm³/mol. The number of hydrogen-bond acceptors (Lipinski definition) is 3. The summed E-state index contributed by atoms with van der Waals surface area (Å²) >= 11 is 0. The topological polar surface area (TPSA) is 43.3 Å². The van der Waals surface area contributed by atoms with Crippen molar-refractivity contribution in [2.75, 3.05) is 0 Å². The van der Waals surface area contributed by atoms with Crippen LogP contribution in [0.5, 0.6) is 0 Å². The van der Waals surface area contributed by atoms with Crippen LogP contribution in [0.3, 0.4) is 0 Å². The molecule has 0 bridgehead atoms. The monoisotopic (exact) mass is 415 g/mol. The summed E-state index contributed by atoms with van der Waals surface area (Å²) in [7, 11) is 0. The molecule has 0 atom stereocenters. The van der Waals surface area contributed by atoms with E-state index in [-0.39, 0.29) is 20.1 Å². The van der Waals surface area contributed by atoms with E-state index in [1.54, 1.807) is 6.20 Å². The van der Waals surface area contributed by atoms with Crippen LogP contribution in [0.25, 0.3) is 27.6 Å². The molecule has 0 aliphatic rings. The summed E-state index contributed by atoms with van der Waals surface area (Å²) < 4.78 is 7.61. The van der Waals surface area contributed by atoms with Gasteiger partial charge in [0.1, 0.15) is 5.58 Å². The van der Waals surface area contributed by atoms with Crippen LogP contribution < -0.4 is 0 Å². The van der Waals surface area contributed by atoms with Gasteiger partial charge in [0.05, 0.1) is 5.65 Å². The Morgan fingerprint density at radius 2 is 2.22 bits per heavy atom. The maximum Gasteiger partial charge on any atom is 0.192 e. The molecule has 3 aromatic heterocycles. The fourth-order valence-corrected chi connectivity index (χ4v) is 2.23. The molecule has 4 nitrogen and oxygen atoms in total. The Morgan fingerprint density at radius 3 is 3.11 bits per heavy atom. The SMILES string of the molecule is Cc1nc2c(o1)c1ccc[c-]c1c1nccn12.[Ir]. The van der Waals surface area contributed by atoms with Crippen LogP contribution >= 0.6 is 0 Å². The Bertz CT molecular complexity index is 862. The third kappa shape index (κ3) is 1.35. The fraction of sp³-hybridized carbons (Fsp3) is 0.0769. The maximum absolute atomic E-state index is 5.68. The number of aryl methyl sites for hydroxylation is 1. The molecule has 91 valence electrons. The van der Waals surface area contributed by atoms with Gasteiger partial charge in [0.2, 0.25) is 0 Å². The summed E-state index contributed by atoms with van der Waals surface area (Å²) in [6, 6.07) is 9.04. The van der Waals surface area contributed by atoms with E-state index in [0.29, 0.717) is 5.89 Å². The van der Waals surface area contributed by atoms with Crippen LogP contribution in [0.1, 0.15) is 5.89 Å². The number of aromatic nitrogens is 3. The van der Waals surface area contributed by atoms with Gasteiger partial charge in [-0.3, -0.25) is 4.98 Å². The van der Waals surface area contributed by atoms with E-state index in [9.17, 15) is 0 Å². The van der Waals surface area contributed by atoms with E-state index in [1.807, 2.05) is 35.7 Å². The van der Waals surface area contributed by atoms with Gasteiger partial charge in [-0.25, -0.2) is 0 Å². The molecule has 18 heavy (non-hydrogen) atoms. The van der Waals surface area contributed by atoms with Crippen molar-refractivity contribution >= 4 is 27.6 Å². The van der Waals surface area contributed by atoms with Crippen LogP contribution in [-0.2, 0) is 20.1 Å². The minimum absolute atomic E-state index is 0. The summed E-state index contributed by atoms with van der Waals surface area (Å²) in [5.74, 6) is 0.659. The second kappa shape index (κ2) is 3.90. The standard InChI is InChI=1S/C13H8N3O.Ir/c1-8-15-13-11(17-8)9-4-2-3-5-10(9)12-14-6-7-16(12)13;/h2-4,6-7H,1H3;/q-1;. The molecule has 0 fully saturated rings. The van der Waals surface area contributed by atoms with Crippen molar-refractivity contribution in [1.82, 2.24) is 14.4 Å². The second-order valence-corrected chi connectivity index (χ2v) is 3.97. The zero-order chi connectivity index (χ0) is 11.4. The number of fused-ring (bicyclic) bond motifs is 6. The van der Waals surface area contributed by atoms with Crippen LogP contribution in [0.15, 0.2) is 35.0 Å². The third-order valence-corrected chi connectivity index (χ3v) is 2.91. The molecule has 4 aromatic rings. The van der Waals surface area contributed by atoms with Gasteiger partial charge in [-0.1, -0.05) is 10.8 Å². The van der Waals surface area contributed by atoms with Gasteiger partial charge < -0.3 is 8.82 Å². The van der Waals surface area contributed by atoms with Gasteiger partial charge >= 0.3 is 0 Å². The number of oxazole rings is 1. The Kier molecular flexibility index (Phi) is 2.47. The van der Waals surface area contributed by atoms with Gasteiger partial charge in [-0.05, 0) is 0 Å². The van der Waals surface area contributed by atoms with E-state index in [2.05, 4.69) is 16.0 Å². The minimum Gasteiger partial charge on any atom is -0.449 e. The normalized spacial score (nSPS) is 11.2. The summed E-state index contributed by atoms with van der Waals surface area (Å²) in [4.78, 5) is 8.76. The zero-order valence-corrected chi connectivity index (χ0v) is 11.9. The Hall–Kier alpha value is -1.71. The van der Waals surface area contributed by atoms with Crippen LogP contribution in [0.4, 0.5) is 0 Å². The fourth-order valence-electron chi connectivity index (χ4n) is 2.23. The number of hydrogen-bond donors (Lipinski definition) is 0. The van der Waals surface area contributed by atoms with E-state index < -0.39 is 0 Å². The van der Waals surface area contributed by atoms with Gasteiger partial charge in [0.25, 0.3) is 0 Å². The number of rotatable bonds is 0. The number of pyridine rings is 1. The van der Waals surface area contributed by atoms with E-state index in [0.717, 1.165) is 27.6 Å². The average Bonchev–Trinajstić information content (AvgIpc) is 2.94. The van der Waals surface area contributed by atoms with Crippen molar-refractivity contribution in [3.8, 4) is 0 Å². The smallest absolute Gasteiger partial charge is 0.192 e. The van der Waals surface area contributed by atoms with E-state index in [4.69, 9.17) is 4.42 Å². The van der Waals surface area contributed by atoms with Crippen molar-refractivity contribution in [3.63, 3.8) is 0 Å². The molecule has 0 saturated heterocycles. The molecule has 0 spiro atoms. The molecule has 0 unspecified atom stereocenters. The first-order valence-corrected chi connectivity index (χ1v) is 5.37. The number of imidazole rings is 1. The largest absolute Gasteiger partial charge is 0.449 e. The first-order valence-electron chi connectivity index (χ1n) is 5.37. The molecule has 3 heterocycles. The average molecular weight is 414 g/mol. The van der Waals surface area contributed by atoms with E-state index in [1.165, 1.54) is 0 Å². The van der Waals surface area contributed by atoms with Gasteiger partial charge in [0.15, 0.2) is 11.5 Å². The minimum atomic E-state index is 0. The molecule has 0 amide bonds. The quantitative estimate of drug-likeness (QED) is 0.416. The summed E-state index contributed by atoms with van der Waals surface area (Å²) in [6.45, 7) is 1.85. The molecule has 4 rings (SSSR count). The molecular formula is C13H8IrN3O-. The van der Waals surface area contributed by atoms with Crippen molar-refractivity contribution < 1.29 is 24.5 Å². The Morgan fingerprint density at radius 1 is 1.33 bits per heavy atom. The third-order valence-electron chi connectivity index (χ3n) is 2.91. The number of nitrogens with zero attached hydrogens (tertiary/aromatic N) is 3. The Labute approximate surface area is 116 Å². The van der Waals surface area contributed by atoms with Gasteiger partial charge in [-0.15, -0.1) is 24.3 Å². The van der Waals surface area contributed by atoms with Crippen molar-refractivity contribution in [1.29, 1.82) is 0 Å². The number of benzene rings is 1. The molecule has 0 aliphatic carbocycles. The second-order valence-electron chi connectivity index (χ2n) is 3.97. The van der Waals surface area contributed by atoms with Crippen molar-refractivity contribution in [2.24, 2.45) is 0 Å². The van der Waals surface area contributed by atoms with Gasteiger partial charge in [0, 0.05) is 39.4 Å². The molecule has 0 aliphatic heterocycles. The van der Waals surface area contributed by atoms with Crippen molar-refractivity contribution in [2.45, 2.75) is 6.92 Å². The van der Waals surface area contributed by atoms with Crippen LogP contribution in [0.2, 0.25) is 0 Å². The predicted octanol–water partition coefficient (Wildman–Crippen LogP) is 2.73. The molecule has 1 aromatic carbocycles. The molecule has 5 heteroatoms. The molecule has 0 N–H and O–H groups in total. The molecule has 1 radical (unpaired) electrons. The van der Waals surface area contributed by atoms with Crippen molar-refractivity contribution in [3.05, 3.63) is 42.5 Å². The van der Waals surface area contributed by atoms with Crippen LogP contribution in [0, 0.1) is 13.0 Å². The van der Waals surface area contributed by atoms with Gasteiger partial charge in [-0.2, -0.15) is 4.98 Å². The van der Waals surface area contributed by atoms with Crippen LogP contribution in [-0.4, -0.2) is 14.4 Å². The first-order chi connectivity index (χ1) is 8.34. The molecular weight excluding hydrogens is 406 g/mol. The summed E-state index contributed by atoms with van der Waals surface area (Å²) in [5.41, 5.74) is 2.46. The zero-order valence-electron chi connectivity index (χ0n) is 9.47. The molecule has 0 saturated carbocycles. The first kappa shape index (κ1) is 11.4. The maximum atomic E-state index is 5.68. The summed E-state index contributed by atoms with van der Waals surface area (Å²) in [5, 5.41) is 1.96. The van der Waals surface area contributed by atoms with E-state index >= 15 is 0 Å².